The topological polar surface area (TPSA) is 43.1 Å². The number of halogens is 3. The van der Waals surface area contributed by atoms with E-state index in [9.17, 15) is 23.3 Å². The quantitative estimate of drug-likeness (QED) is 0.463. The Labute approximate surface area is 83.2 Å². The van der Waals surface area contributed by atoms with Crippen molar-refractivity contribution in [2.45, 2.75) is 5.07 Å². The number of non-ortho nitro benzene ring substituents is 1. The van der Waals surface area contributed by atoms with Crippen molar-refractivity contribution in [2.75, 3.05) is 0 Å². The zero-order chi connectivity index (χ0) is 10.8. The Morgan fingerprint density at radius 1 is 1.21 bits per heavy atom. The second-order valence-electron chi connectivity index (χ2n) is 2.30. The Kier molecular flexibility index (Phi) is 3.13. The number of benzene rings is 1. The van der Waals surface area contributed by atoms with Gasteiger partial charge in [-0.15, -0.1) is 0 Å². The number of nitro benzene ring substituents is 1. The third-order valence-corrected chi connectivity index (χ3v) is 2.83. The summed E-state index contributed by atoms with van der Waals surface area (Å²) in [5, 5.41) is 5.97. The van der Waals surface area contributed by atoms with Crippen LogP contribution in [0.15, 0.2) is 24.3 Å². The first-order chi connectivity index (χ1) is 6.38. The van der Waals surface area contributed by atoms with Crippen molar-refractivity contribution in [3.05, 3.63) is 34.4 Å². The van der Waals surface area contributed by atoms with E-state index >= 15 is 0 Å². The summed E-state index contributed by atoms with van der Waals surface area (Å²) in [7, 11) is 0. The monoisotopic (exact) mass is 271 g/mol. The molecule has 3 nitrogen and oxygen atoms in total. The van der Waals surface area contributed by atoms with Crippen molar-refractivity contribution in [3.8, 4) is 0 Å². The first kappa shape index (κ1) is 11.0. The van der Waals surface area contributed by atoms with Crippen LogP contribution in [0.3, 0.4) is 0 Å². The molecule has 76 valence electrons. The molecule has 1 aromatic rings. The number of hydrogen-bond acceptors (Lipinski definition) is 2. The van der Waals surface area contributed by atoms with Gasteiger partial charge in [0.05, 0.1) is 0 Å². The van der Waals surface area contributed by atoms with Crippen LogP contribution in [-0.4, -0.2) is 25.0 Å². The van der Waals surface area contributed by atoms with Crippen molar-refractivity contribution in [3.63, 3.8) is 0 Å². The molecule has 0 aliphatic carbocycles. The van der Waals surface area contributed by atoms with Gasteiger partial charge in [-0.3, -0.25) is 0 Å². The maximum absolute atomic E-state index is 11.9. The average Bonchev–Trinajstić information content (AvgIpc) is 2.02. The Morgan fingerprint density at radius 2 is 1.71 bits per heavy atom. The van der Waals surface area contributed by atoms with E-state index in [1.165, 1.54) is 0 Å². The molecule has 0 N–H and O–H groups in total. The molecule has 0 saturated carbocycles. The van der Waals surface area contributed by atoms with E-state index in [4.69, 9.17) is 0 Å². The summed E-state index contributed by atoms with van der Waals surface area (Å²) in [5.74, 6) is 0. The van der Waals surface area contributed by atoms with Gasteiger partial charge in [-0.25, -0.2) is 0 Å². The molecule has 1 rings (SSSR count). The predicted molar refractivity (Wildman–Crippen MR) is 44.5 cm³/mol. The van der Waals surface area contributed by atoms with E-state index in [2.05, 4.69) is 0 Å². The van der Waals surface area contributed by atoms with Gasteiger partial charge in [0.1, 0.15) is 0 Å². The molecule has 0 heterocycles. The first-order valence-electron chi connectivity index (χ1n) is 3.39. The van der Waals surface area contributed by atoms with Crippen molar-refractivity contribution >= 4 is 25.1 Å². The van der Waals surface area contributed by atoms with E-state index in [1.807, 2.05) is 0 Å². The summed E-state index contributed by atoms with van der Waals surface area (Å²) in [5.41, 5.74) is -0.202. The summed E-state index contributed by atoms with van der Waals surface area (Å²) in [4.78, 5) is 9.54. The Morgan fingerprint density at radius 3 is 2.07 bits per heavy atom. The van der Waals surface area contributed by atoms with Crippen LogP contribution in [0, 0.1) is 10.1 Å². The Hall–Kier alpha value is -1.07. The van der Waals surface area contributed by atoms with Gasteiger partial charge in [0.2, 0.25) is 0 Å². The van der Waals surface area contributed by atoms with Gasteiger partial charge >= 0.3 is 82.7 Å². The zero-order valence-electron chi connectivity index (χ0n) is 6.62. The van der Waals surface area contributed by atoms with Gasteiger partial charge < -0.3 is 0 Å². The van der Waals surface area contributed by atoms with Crippen LogP contribution in [0.4, 0.5) is 18.9 Å². The Bertz CT molecular complexity index is 336. The zero-order valence-corrected chi connectivity index (χ0v) is 8.33. The molecule has 1 aromatic carbocycles. The normalized spacial score (nSPS) is 11.4. The van der Waals surface area contributed by atoms with E-state index < -0.39 is 25.0 Å². The molecule has 0 unspecified atom stereocenters. The molecular weight excluding hydrogens is 266 g/mol. The van der Waals surface area contributed by atoms with Crippen molar-refractivity contribution in [1.82, 2.24) is 0 Å². The summed E-state index contributed by atoms with van der Waals surface area (Å²) in [6, 6.07) is 4.41. The number of hydrogen-bond donors (Lipinski definition) is 0. The van der Waals surface area contributed by atoms with Crippen LogP contribution in [0.5, 0.6) is 0 Å². The summed E-state index contributed by atoms with van der Waals surface area (Å²) < 4.78 is 35.8. The van der Waals surface area contributed by atoms with Crippen LogP contribution in [0.1, 0.15) is 0 Å². The molecule has 0 atom stereocenters. The first-order valence-corrected chi connectivity index (χ1v) is 5.10. The van der Waals surface area contributed by atoms with Crippen LogP contribution in [0.25, 0.3) is 0 Å². The van der Waals surface area contributed by atoms with E-state index in [-0.39, 0.29) is 10.1 Å². The van der Waals surface area contributed by atoms with E-state index in [0.717, 1.165) is 24.3 Å². The SMILES string of the molecule is O=[N+]([O-])c1ccc([Se]C(F)(F)F)cc1. The molecular formula is C7H4F3NO2Se. The molecule has 0 bridgehead atoms. The molecule has 14 heavy (non-hydrogen) atoms. The molecule has 0 amide bonds. The summed E-state index contributed by atoms with van der Waals surface area (Å²) in [6.45, 7) is 0. The van der Waals surface area contributed by atoms with Gasteiger partial charge in [-0.1, -0.05) is 0 Å². The second kappa shape index (κ2) is 3.98. The number of alkyl halides is 3. The van der Waals surface area contributed by atoms with E-state index in [0.29, 0.717) is 0 Å². The van der Waals surface area contributed by atoms with Gasteiger partial charge in [0, 0.05) is 0 Å². The molecule has 0 aromatic heterocycles. The average molecular weight is 270 g/mol. The second-order valence-corrected chi connectivity index (χ2v) is 4.69. The van der Waals surface area contributed by atoms with E-state index in [1.54, 1.807) is 0 Å². The summed E-state index contributed by atoms with van der Waals surface area (Å²) >= 11 is -1.64. The van der Waals surface area contributed by atoms with Gasteiger partial charge in [0.15, 0.2) is 0 Å². The molecule has 0 aliphatic rings. The molecule has 7 heteroatoms. The molecule has 0 spiro atoms. The third kappa shape index (κ3) is 3.35. The molecule has 0 aliphatic heterocycles. The fourth-order valence-electron chi connectivity index (χ4n) is 0.770. The molecule has 0 fully saturated rings. The maximum atomic E-state index is 11.9. The molecule has 0 saturated heterocycles. The minimum atomic E-state index is -4.22. The van der Waals surface area contributed by atoms with Crippen LogP contribution < -0.4 is 4.46 Å². The van der Waals surface area contributed by atoms with Crippen molar-refractivity contribution < 1.29 is 18.1 Å². The van der Waals surface area contributed by atoms with Crippen molar-refractivity contribution in [2.24, 2.45) is 0 Å². The van der Waals surface area contributed by atoms with Crippen LogP contribution in [-0.2, 0) is 0 Å². The Balaban J connectivity index is 2.79. The van der Waals surface area contributed by atoms with Crippen molar-refractivity contribution in [1.29, 1.82) is 0 Å². The van der Waals surface area contributed by atoms with Gasteiger partial charge in [0.25, 0.3) is 0 Å². The van der Waals surface area contributed by atoms with Crippen LogP contribution in [0.2, 0.25) is 0 Å². The summed E-state index contributed by atoms with van der Waals surface area (Å²) in [6.07, 6.45) is 0. The number of nitro groups is 1. The van der Waals surface area contributed by atoms with Gasteiger partial charge in [-0.2, -0.15) is 0 Å². The fraction of sp³-hybridized carbons (Fsp3) is 0.143. The fourth-order valence-corrected chi connectivity index (χ4v) is 1.90. The predicted octanol–water partition coefficient (Wildman–Crippen LogP) is 1.44. The van der Waals surface area contributed by atoms with Crippen LogP contribution >= 0.6 is 0 Å². The van der Waals surface area contributed by atoms with Gasteiger partial charge in [-0.05, 0) is 0 Å². The minimum absolute atomic E-state index is 0.0793. The number of rotatable bonds is 2. The third-order valence-electron chi connectivity index (χ3n) is 1.28. The standard InChI is InChI=1S/C7H4F3NO2Se/c8-7(9,10)14-6-3-1-5(2-4-6)11(12)13/h1-4H. The number of nitrogens with zero attached hydrogens (tertiary/aromatic N) is 1. The molecule has 0 radical (unpaired) electrons.